The molecule has 2 aromatic rings. The molecule has 1 aromatic carbocycles. The molecule has 0 saturated heterocycles. The summed E-state index contributed by atoms with van der Waals surface area (Å²) >= 11 is 6.92. The lowest BCUT2D eigenvalue weighted by Crippen LogP contribution is -2.21. The first kappa shape index (κ1) is 16.5. The van der Waals surface area contributed by atoms with Crippen LogP contribution in [0, 0.1) is 6.92 Å². The van der Waals surface area contributed by atoms with Crippen molar-refractivity contribution in [2.24, 2.45) is 0 Å². The van der Waals surface area contributed by atoms with Crippen molar-refractivity contribution in [3.8, 4) is 11.6 Å². The predicted molar refractivity (Wildman–Crippen MR) is 92.9 cm³/mol. The lowest BCUT2D eigenvalue weighted by atomic mass is 10.2. The molecule has 0 aliphatic carbocycles. The molecule has 3 nitrogen and oxygen atoms in total. The third kappa shape index (κ3) is 4.80. The van der Waals surface area contributed by atoms with E-state index in [-0.39, 0.29) is 0 Å². The van der Waals surface area contributed by atoms with Gasteiger partial charge in [-0.05, 0) is 52.7 Å². The highest BCUT2D eigenvalue weighted by molar-refractivity contribution is 9.11. The van der Waals surface area contributed by atoms with Crippen LogP contribution < -0.4 is 10.1 Å². The van der Waals surface area contributed by atoms with Gasteiger partial charge in [-0.3, -0.25) is 0 Å². The van der Waals surface area contributed by atoms with Crippen LogP contribution in [0.15, 0.2) is 39.4 Å². The number of aryl methyl sites for hydroxylation is 1. The fourth-order valence-corrected chi connectivity index (χ4v) is 2.94. The van der Waals surface area contributed by atoms with Crippen LogP contribution >= 0.6 is 31.9 Å². The van der Waals surface area contributed by atoms with Crippen LogP contribution in [-0.4, -0.2) is 11.0 Å². The van der Waals surface area contributed by atoms with E-state index in [1.807, 2.05) is 31.3 Å². The van der Waals surface area contributed by atoms with Gasteiger partial charge in [0.15, 0.2) is 0 Å². The molecule has 0 radical (unpaired) electrons. The zero-order chi connectivity index (χ0) is 15.4. The number of nitrogens with zero attached hydrogens (tertiary/aromatic N) is 1. The fourth-order valence-electron chi connectivity index (χ4n) is 1.81. The van der Waals surface area contributed by atoms with Crippen LogP contribution in [0.3, 0.4) is 0 Å². The number of pyridine rings is 1. The number of benzene rings is 1. The molecule has 1 heterocycles. The maximum atomic E-state index is 5.88. The van der Waals surface area contributed by atoms with Gasteiger partial charge in [0.1, 0.15) is 5.75 Å². The molecule has 0 atom stereocenters. The Hall–Kier alpha value is -0.910. The van der Waals surface area contributed by atoms with Crippen molar-refractivity contribution in [3.63, 3.8) is 0 Å². The minimum atomic E-state index is 0.458. The van der Waals surface area contributed by atoms with E-state index in [9.17, 15) is 0 Å². The van der Waals surface area contributed by atoms with Crippen LogP contribution in [-0.2, 0) is 6.54 Å². The van der Waals surface area contributed by atoms with Gasteiger partial charge in [0.05, 0.1) is 4.47 Å². The van der Waals surface area contributed by atoms with Gasteiger partial charge >= 0.3 is 0 Å². The van der Waals surface area contributed by atoms with E-state index in [2.05, 4.69) is 62.1 Å². The van der Waals surface area contributed by atoms with Crippen molar-refractivity contribution in [1.82, 2.24) is 10.3 Å². The monoisotopic (exact) mass is 412 g/mol. The first-order chi connectivity index (χ1) is 9.95. The molecule has 1 aromatic heterocycles. The minimum absolute atomic E-state index is 0.458. The molecule has 0 bridgehead atoms. The second-order valence-electron chi connectivity index (χ2n) is 5.18. The second kappa shape index (κ2) is 7.38. The Kier molecular flexibility index (Phi) is 5.79. The molecule has 0 spiro atoms. The van der Waals surface area contributed by atoms with E-state index in [0.29, 0.717) is 11.9 Å². The SMILES string of the molecule is Cc1cc(CNC(C)C)cnc1Oc1ccc(Br)cc1Br. The van der Waals surface area contributed by atoms with Crippen molar-refractivity contribution in [3.05, 3.63) is 50.5 Å². The van der Waals surface area contributed by atoms with Crippen molar-refractivity contribution in [2.75, 3.05) is 0 Å². The van der Waals surface area contributed by atoms with Crippen molar-refractivity contribution >= 4 is 31.9 Å². The number of rotatable bonds is 5. The maximum Gasteiger partial charge on any atom is 0.222 e. The van der Waals surface area contributed by atoms with Gasteiger partial charge in [-0.2, -0.15) is 0 Å². The summed E-state index contributed by atoms with van der Waals surface area (Å²) in [5.41, 5.74) is 2.18. The summed E-state index contributed by atoms with van der Waals surface area (Å²) in [7, 11) is 0. The quantitative estimate of drug-likeness (QED) is 0.730. The fraction of sp³-hybridized carbons (Fsp3) is 0.312. The minimum Gasteiger partial charge on any atom is -0.438 e. The first-order valence-electron chi connectivity index (χ1n) is 6.77. The summed E-state index contributed by atoms with van der Waals surface area (Å²) in [6.07, 6.45) is 1.85. The van der Waals surface area contributed by atoms with Crippen molar-refractivity contribution in [2.45, 2.75) is 33.4 Å². The average molecular weight is 414 g/mol. The van der Waals surface area contributed by atoms with Gasteiger partial charge in [-0.1, -0.05) is 29.8 Å². The Morgan fingerprint density at radius 2 is 2.00 bits per heavy atom. The molecule has 0 unspecified atom stereocenters. The van der Waals surface area contributed by atoms with Gasteiger partial charge in [0.25, 0.3) is 0 Å². The average Bonchev–Trinajstić information content (AvgIpc) is 2.42. The number of hydrogen-bond acceptors (Lipinski definition) is 3. The highest BCUT2D eigenvalue weighted by atomic mass is 79.9. The zero-order valence-electron chi connectivity index (χ0n) is 12.3. The summed E-state index contributed by atoms with van der Waals surface area (Å²) in [6, 6.07) is 8.36. The smallest absolute Gasteiger partial charge is 0.222 e. The van der Waals surface area contributed by atoms with Crippen molar-refractivity contribution in [1.29, 1.82) is 0 Å². The highest BCUT2D eigenvalue weighted by Gasteiger charge is 2.08. The van der Waals surface area contributed by atoms with E-state index in [1.165, 1.54) is 0 Å². The lowest BCUT2D eigenvalue weighted by molar-refractivity contribution is 0.455. The summed E-state index contributed by atoms with van der Waals surface area (Å²) in [6.45, 7) is 7.08. The maximum absolute atomic E-state index is 5.88. The number of hydrogen-bond donors (Lipinski definition) is 1. The van der Waals surface area contributed by atoms with Gasteiger partial charge < -0.3 is 10.1 Å². The number of aromatic nitrogens is 1. The third-order valence-electron chi connectivity index (χ3n) is 2.90. The number of ether oxygens (including phenoxy) is 1. The highest BCUT2D eigenvalue weighted by Crippen LogP contribution is 2.32. The number of halogens is 2. The molecule has 0 saturated carbocycles. The lowest BCUT2D eigenvalue weighted by Gasteiger charge is -2.12. The zero-order valence-corrected chi connectivity index (χ0v) is 15.5. The second-order valence-corrected chi connectivity index (χ2v) is 6.95. The van der Waals surface area contributed by atoms with E-state index in [0.717, 1.165) is 32.4 Å². The van der Waals surface area contributed by atoms with E-state index in [4.69, 9.17) is 4.74 Å². The molecule has 0 aliphatic heterocycles. The Morgan fingerprint density at radius 1 is 1.24 bits per heavy atom. The standard InChI is InChI=1S/C16H18Br2N2O/c1-10(2)19-8-12-6-11(3)16(20-9-12)21-15-5-4-13(17)7-14(15)18/h4-7,9-10,19H,8H2,1-3H3. The Morgan fingerprint density at radius 3 is 2.62 bits per heavy atom. The molecule has 0 fully saturated rings. The van der Waals surface area contributed by atoms with Crippen LogP contribution in [0.2, 0.25) is 0 Å². The topological polar surface area (TPSA) is 34.2 Å². The first-order valence-corrected chi connectivity index (χ1v) is 8.36. The van der Waals surface area contributed by atoms with Gasteiger partial charge in [0.2, 0.25) is 5.88 Å². The van der Waals surface area contributed by atoms with Crippen LogP contribution in [0.25, 0.3) is 0 Å². The summed E-state index contributed by atoms with van der Waals surface area (Å²) in [5, 5.41) is 3.38. The molecular weight excluding hydrogens is 396 g/mol. The van der Waals surface area contributed by atoms with Crippen molar-refractivity contribution < 1.29 is 4.74 Å². The molecule has 21 heavy (non-hydrogen) atoms. The summed E-state index contributed by atoms with van der Waals surface area (Å²) < 4.78 is 7.77. The number of nitrogens with one attached hydrogen (secondary N) is 1. The molecule has 2 rings (SSSR count). The molecule has 0 amide bonds. The van der Waals surface area contributed by atoms with Gasteiger partial charge in [-0.25, -0.2) is 4.98 Å². The molecule has 112 valence electrons. The Labute approximate surface area is 142 Å². The van der Waals surface area contributed by atoms with E-state index < -0.39 is 0 Å². The van der Waals surface area contributed by atoms with Gasteiger partial charge in [0, 0.05) is 28.8 Å². The molecule has 1 N–H and O–H groups in total. The Balaban J connectivity index is 2.13. The van der Waals surface area contributed by atoms with E-state index in [1.54, 1.807) is 0 Å². The summed E-state index contributed by atoms with van der Waals surface area (Å²) in [4.78, 5) is 4.42. The predicted octanol–water partition coefficient (Wildman–Crippen LogP) is 5.21. The normalized spacial score (nSPS) is 11.0. The third-order valence-corrected chi connectivity index (χ3v) is 4.01. The molecule has 0 aliphatic rings. The van der Waals surface area contributed by atoms with Crippen LogP contribution in [0.5, 0.6) is 11.6 Å². The molecule has 5 heteroatoms. The van der Waals surface area contributed by atoms with Crippen LogP contribution in [0.1, 0.15) is 25.0 Å². The molecular formula is C16H18Br2N2O. The van der Waals surface area contributed by atoms with Crippen LogP contribution in [0.4, 0.5) is 0 Å². The summed E-state index contributed by atoms with van der Waals surface area (Å²) in [5.74, 6) is 1.38. The van der Waals surface area contributed by atoms with Gasteiger partial charge in [-0.15, -0.1) is 0 Å². The van der Waals surface area contributed by atoms with E-state index >= 15 is 0 Å². The largest absolute Gasteiger partial charge is 0.438 e. The Bertz CT molecular complexity index is 630.